The first-order chi connectivity index (χ1) is 12.1. The lowest BCUT2D eigenvalue weighted by molar-refractivity contribution is -0.260. The SMILES string of the molecule is CC(=O)O[C@@]1(O)[C@@H](Br)C[C@H]2[C@@H]3CCC4=CC(=O)CC[C@]4(C)[C@@H]3CC[C@@]21C. The van der Waals surface area contributed by atoms with Crippen LogP contribution in [0.5, 0.6) is 0 Å². The third-order valence-electron chi connectivity index (χ3n) is 8.35. The lowest BCUT2D eigenvalue weighted by Gasteiger charge is -2.58. The number of ketones is 1. The second-order valence-corrected chi connectivity index (χ2v) is 10.5. The van der Waals surface area contributed by atoms with Gasteiger partial charge in [-0.15, -0.1) is 0 Å². The van der Waals surface area contributed by atoms with Crippen LogP contribution >= 0.6 is 15.9 Å². The Bertz CT molecular complexity index is 687. The summed E-state index contributed by atoms with van der Waals surface area (Å²) in [5, 5.41) is 11.4. The summed E-state index contributed by atoms with van der Waals surface area (Å²) < 4.78 is 5.52. The number of halogens is 1. The first kappa shape index (κ1) is 18.7. The molecule has 0 aromatic rings. The molecule has 7 atom stereocenters. The number of rotatable bonds is 1. The summed E-state index contributed by atoms with van der Waals surface area (Å²) >= 11 is 3.64. The fourth-order valence-electron chi connectivity index (χ4n) is 6.90. The Labute approximate surface area is 163 Å². The van der Waals surface area contributed by atoms with E-state index in [1.165, 1.54) is 12.5 Å². The van der Waals surface area contributed by atoms with E-state index >= 15 is 0 Å². The molecule has 0 spiro atoms. The van der Waals surface area contributed by atoms with Crippen LogP contribution in [-0.4, -0.2) is 27.5 Å². The van der Waals surface area contributed by atoms with Gasteiger partial charge in [0.1, 0.15) is 0 Å². The number of aliphatic hydroxyl groups is 1. The van der Waals surface area contributed by atoms with E-state index in [0.29, 0.717) is 24.2 Å². The number of allylic oxidation sites excluding steroid dienone is 1. The zero-order valence-corrected chi connectivity index (χ0v) is 17.5. The van der Waals surface area contributed by atoms with E-state index in [-0.39, 0.29) is 16.0 Å². The minimum Gasteiger partial charge on any atom is -0.432 e. The molecule has 1 N–H and O–H groups in total. The molecule has 4 aliphatic rings. The molecule has 26 heavy (non-hydrogen) atoms. The predicted molar refractivity (Wildman–Crippen MR) is 102 cm³/mol. The predicted octanol–water partition coefficient (Wildman–Crippen LogP) is 4.14. The fraction of sp³-hybridized carbons (Fsp3) is 0.810. The molecule has 0 aliphatic heterocycles. The molecule has 0 amide bonds. The summed E-state index contributed by atoms with van der Waals surface area (Å²) in [7, 11) is 0. The van der Waals surface area contributed by atoms with E-state index in [2.05, 4.69) is 29.8 Å². The minimum absolute atomic E-state index is 0.113. The quantitative estimate of drug-likeness (QED) is 0.390. The van der Waals surface area contributed by atoms with Crippen molar-refractivity contribution in [1.29, 1.82) is 0 Å². The fourth-order valence-corrected chi connectivity index (χ4v) is 7.92. The highest BCUT2D eigenvalue weighted by Crippen LogP contribution is 2.68. The van der Waals surface area contributed by atoms with Gasteiger partial charge in [-0.05, 0) is 67.8 Å². The number of ether oxygens (including phenoxy) is 1. The van der Waals surface area contributed by atoms with Crippen LogP contribution in [0.1, 0.15) is 65.7 Å². The molecule has 0 aromatic carbocycles. The van der Waals surface area contributed by atoms with Crippen LogP contribution in [0.25, 0.3) is 0 Å². The standard InChI is InChI=1S/C21H29BrO4/c1-12(23)26-21(25)18(22)11-17-15-5-4-13-10-14(24)6-8-19(13,2)16(15)7-9-20(17,21)3/h10,15-18,25H,4-9,11H2,1-3H3/t15-,16-,17+,18+,19+,20+,21+/m1/s1. The molecular weight excluding hydrogens is 396 g/mol. The van der Waals surface area contributed by atoms with Crippen molar-refractivity contribution in [2.24, 2.45) is 28.6 Å². The van der Waals surface area contributed by atoms with E-state index in [1.54, 1.807) is 0 Å². The van der Waals surface area contributed by atoms with Crippen molar-refractivity contribution in [1.82, 2.24) is 0 Å². The molecule has 0 aromatic heterocycles. The normalized spacial score (nSPS) is 50.3. The number of hydrogen-bond acceptors (Lipinski definition) is 4. The van der Waals surface area contributed by atoms with E-state index in [1.807, 2.05) is 6.08 Å². The smallest absolute Gasteiger partial charge is 0.305 e. The molecule has 144 valence electrons. The van der Waals surface area contributed by atoms with Crippen molar-refractivity contribution in [3.8, 4) is 0 Å². The van der Waals surface area contributed by atoms with Gasteiger partial charge in [-0.2, -0.15) is 0 Å². The maximum Gasteiger partial charge on any atom is 0.305 e. The molecule has 3 saturated carbocycles. The van der Waals surface area contributed by atoms with Crippen molar-refractivity contribution in [2.75, 3.05) is 0 Å². The van der Waals surface area contributed by atoms with Gasteiger partial charge < -0.3 is 9.84 Å². The summed E-state index contributed by atoms with van der Waals surface area (Å²) in [4.78, 5) is 23.4. The summed E-state index contributed by atoms with van der Waals surface area (Å²) in [5.74, 6) is -0.198. The number of hydrogen-bond donors (Lipinski definition) is 1. The molecule has 3 fully saturated rings. The van der Waals surface area contributed by atoms with Gasteiger partial charge in [0.05, 0.1) is 4.83 Å². The minimum atomic E-state index is -1.44. The topological polar surface area (TPSA) is 63.6 Å². The maximum atomic E-state index is 11.9. The first-order valence-corrected chi connectivity index (χ1v) is 10.8. The van der Waals surface area contributed by atoms with Crippen LogP contribution < -0.4 is 0 Å². The van der Waals surface area contributed by atoms with Crippen LogP contribution in [0, 0.1) is 28.6 Å². The molecule has 0 heterocycles. The second kappa shape index (κ2) is 5.91. The molecule has 4 nitrogen and oxygen atoms in total. The Morgan fingerprint density at radius 1 is 1.23 bits per heavy atom. The van der Waals surface area contributed by atoms with Gasteiger partial charge in [-0.3, -0.25) is 9.59 Å². The molecule has 0 saturated heterocycles. The van der Waals surface area contributed by atoms with Gasteiger partial charge in [0.15, 0.2) is 5.78 Å². The molecule has 0 radical (unpaired) electrons. The zero-order chi connectivity index (χ0) is 18.9. The highest BCUT2D eigenvalue weighted by molar-refractivity contribution is 9.09. The molecule has 0 bridgehead atoms. The zero-order valence-electron chi connectivity index (χ0n) is 15.9. The summed E-state index contributed by atoms with van der Waals surface area (Å²) in [6.07, 6.45) is 8.27. The number of carbonyl (C=O) groups excluding carboxylic acids is 2. The van der Waals surface area contributed by atoms with Crippen LogP contribution in [0.3, 0.4) is 0 Å². The van der Waals surface area contributed by atoms with Crippen LogP contribution in [0.15, 0.2) is 11.6 Å². The van der Waals surface area contributed by atoms with E-state index in [9.17, 15) is 14.7 Å². The lowest BCUT2D eigenvalue weighted by atomic mass is 9.47. The van der Waals surface area contributed by atoms with Crippen molar-refractivity contribution < 1.29 is 19.4 Å². The third-order valence-corrected chi connectivity index (χ3v) is 9.35. The average molecular weight is 425 g/mol. The van der Waals surface area contributed by atoms with E-state index in [4.69, 9.17) is 4.74 Å². The van der Waals surface area contributed by atoms with Crippen molar-refractivity contribution >= 4 is 27.7 Å². The molecule has 5 heteroatoms. The summed E-state index contributed by atoms with van der Waals surface area (Å²) in [5.41, 5.74) is 1.04. The Morgan fingerprint density at radius 3 is 2.65 bits per heavy atom. The van der Waals surface area contributed by atoms with Gasteiger partial charge in [0.25, 0.3) is 0 Å². The Kier molecular flexibility index (Phi) is 4.24. The number of carbonyl (C=O) groups is 2. The van der Waals surface area contributed by atoms with Crippen LogP contribution in [0.2, 0.25) is 0 Å². The lowest BCUT2D eigenvalue weighted by Crippen LogP contribution is -2.57. The van der Waals surface area contributed by atoms with Crippen molar-refractivity contribution in [3.05, 3.63) is 11.6 Å². The Hall–Kier alpha value is -0.680. The maximum absolute atomic E-state index is 11.9. The van der Waals surface area contributed by atoms with Gasteiger partial charge in [-0.25, -0.2) is 0 Å². The summed E-state index contributed by atoms with van der Waals surface area (Å²) in [6.45, 7) is 5.83. The van der Waals surface area contributed by atoms with Crippen molar-refractivity contribution in [2.45, 2.75) is 76.3 Å². The molecule has 4 rings (SSSR count). The van der Waals surface area contributed by atoms with Gasteiger partial charge in [-0.1, -0.05) is 35.4 Å². The Balaban J connectivity index is 1.69. The highest BCUT2D eigenvalue weighted by atomic mass is 79.9. The van der Waals surface area contributed by atoms with Crippen LogP contribution in [-0.2, 0) is 14.3 Å². The molecular formula is C21H29BrO4. The van der Waals surface area contributed by atoms with E-state index < -0.39 is 17.2 Å². The number of fused-ring (bicyclic) bond motifs is 5. The second-order valence-electron chi connectivity index (χ2n) is 9.42. The summed E-state index contributed by atoms with van der Waals surface area (Å²) in [6, 6.07) is 0. The molecule has 0 unspecified atom stereocenters. The van der Waals surface area contributed by atoms with E-state index in [0.717, 1.165) is 38.5 Å². The number of esters is 1. The van der Waals surface area contributed by atoms with Crippen LogP contribution in [0.4, 0.5) is 0 Å². The van der Waals surface area contributed by atoms with Gasteiger partial charge >= 0.3 is 5.97 Å². The third kappa shape index (κ3) is 2.35. The van der Waals surface area contributed by atoms with Gasteiger partial charge in [0.2, 0.25) is 5.79 Å². The highest BCUT2D eigenvalue weighted by Gasteiger charge is 2.69. The Morgan fingerprint density at radius 2 is 1.96 bits per heavy atom. The van der Waals surface area contributed by atoms with Gasteiger partial charge in [0, 0.05) is 18.8 Å². The monoisotopic (exact) mass is 424 g/mol. The number of alkyl halides is 1. The first-order valence-electron chi connectivity index (χ1n) is 9.92. The average Bonchev–Trinajstić information content (AvgIpc) is 2.75. The van der Waals surface area contributed by atoms with Crippen molar-refractivity contribution in [3.63, 3.8) is 0 Å². The molecule has 4 aliphatic carbocycles. The largest absolute Gasteiger partial charge is 0.432 e.